The van der Waals surface area contributed by atoms with Gasteiger partial charge >= 0.3 is 6.03 Å². The molecule has 0 bridgehead atoms. The van der Waals surface area contributed by atoms with Crippen molar-refractivity contribution in [3.63, 3.8) is 0 Å². The van der Waals surface area contributed by atoms with Gasteiger partial charge in [0.1, 0.15) is 0 Å². The molecule has 1 aliphatic heterocycles. The molecule has 4 nitrogen and oxygen atoms in total. The Morgan fingerprint density at radius 1 is 1.18 bits per heavy atom. The van der Waals surface area contributed by atoms with Crippen LogP contribution in [0, 0.1) is 0 Å². The summed E-state index contributed by atoms with van der Waals surface area (Å²) in [5.74, 6) is 0. The summed E-state index contributed by atoms with van der Waals surface area (Å²) in [6.07, 6.45) is 5.62. The molecule has 0 aromatic heterocycles. The van der Waals surface area contributed by atoms with E-state index in [-0.39, 0.29) is 28.6 Å². The minimum absolute atomic E-state index is 0.0193. The Morgan fingerprint density at radius 3 is 2.55 bits per heavy atom. The van der Waals surface area contributed by atoms with Crippen LogP contribution in [0.25, 0.3) is 0 Å². The summed E-state index contributed by atoms with van der Waals surface area (Å²) in [4.78, 5) is 26.2. The molecule has 3 rings (SSSR count). The third-order valence-corrected chi connectivity index (χ3v) is 5.87. The number of benzene rings is 1. The zero-order valence-corrected chi connectivity index (χ0v) is 13.6. The predicted molar refractivity (Wildman–Crippen MR) is 88.9 cm³/mol. The molecule has 1 aromatic rings. The third-order valence-electron chi connectivity index (χ3n) is 4.55. The van der Waals surface area contributed by atoms with E-state index in [9.17, 15) is 9.59 Å². The molecule has 2 fully saturated rings. The van der Waals surface area contributed by atoms with Gasteiger partial charge in [-0.1, -0.05) is 61.4 Å². The molecule has 3 amide bonds. The smallest absolute Gasteiger partial charge is 0.325 e. The topological polar surface area (TPSA) is 49.4 Å². The number of rotatable bonds is 2. The van der Waals surface area contributed by atoms with Gasteiger partial charge in [0.15, 0.2) is 0 Å². The number of carbonyl (C=O) groups excluding carboxylic acids is 2. The molecule has 1 saturated heterocycles. The quantitative estimate of drug-likeness (QED) is 0.883. The lowest BCUT2D eigenvalue weighted by molar-refractivity contribution is 0.184. The fraction of sp³-hybridized carbons (Fsp3) is 0.529. The van der Waals surface area contributed by atoms with Gasteiger partial charge in [0.2, 0.25) is 0 Å². The van der Waals surface area contributed by atoms with Crippen molar-refractivity contribution in [3.8, 4) is 0 Å². The van der Waals surface area contributed by atoms with Gasteiger partial charge in [0.25, 0.3) is 5.24 Å². The highest BCUT2D eigenvalue weighted by molar-refractivity contribution is 8.14. The maximum absolute atomic E-state index is 12.5. The molecule has 0 radical (unpaired) electrons. The highest BCUT2D eigenvalue weighted by atomic mass is 32.2. The standard InChI is InChI=1S/C17H22N2O2S/c1-12-15(13-8-4-2-5-9-13)22-17(21)19(12)16(20)18-14-10-6-3-7-11-14/h2,4-5,8-9,12,14-15H,3,6-7,10-11H2,1H3,(H,18,20)/t12-,15+/m1/s1. The minimum atomic E-state index is -0.227. The summed E-state index contributed by atoms with van der Waals surface area (Å²) in [5, 5.41) is 2.92. The van der Waals surface area contributed by atoms with Gasteiger partial charge in [-0.25, -0.2) is 4.79 Å². The number of urea groups is 1. The molecule has 5 heteroatoms. The fourth-order valence-electron chi connectivity index (χ4n) is 3.31. The molecule has 2 aliphatic rings. The second-order valence-corrected chi connectivity index (χ2v) is 7.20. The molecule has 1 aromatic carbocycles. The van der Waals surface area contributed by atoms with E-state index in [1.54, 1.807) is 0 Å². The highest BCUT2D eigenvalue weighted by Crippen LogP contribution is 2.43. The molecule has 1 saturated carbocycles. The van der Waals surface area contributed by atoms with Crippen LogP contribution in [-0.2, 0) is 0 Å². The number of thioether (sulfide) groups is 1. The Morgan fingerprint density at radius 2 is 1.86 bits per heavy atom. The zero-order valence-electron chi connectivity index (χ0n) is 12.8. The number of hydrogen-bond acceptors (Lipinski definition) is 3. The van der Waals surface area contributed by atoms with E-state index >= 15 is 0 Å². The summed E-state index contributed by atoms with van der Waals surface area (Å²) >= 11 is 1.25. The van der Waals surface area contributed by atoms with Gasteiger partial charge in [-0.3, -0.25) is 9.69 Å². The lowest BCUT2D eigenvalue weighted by atomic mass is 9.96. The first kappa shape index (κ1) is 15.4. The highest BCUT2D eigenvalue weighted by Gasteiger charge is 2.42. The van der Waals surface area contributed by atoms with Crippen LogP contribution in [0.3, 0.4) is 0 Å². The number of carbonyl (C=O) groups is 2. The lowest BCUT2D eigenvalue weighted by Gasteiger charge is -2.27. The van der Waals surface area contributed by atoms with E-state index in [0.29, 0.717) is 0 Å². The van der Waals surface area contributed by atoms with Crippen LogP contribution >= 0.6 is 11.8 Å². The van der Waals surface area contributed by atoms with E-state index in [1.165, 1.54) is 23.1 Å². The Labute approximate surface area is 135 Å². The van der Waals surface area contributed by atoms with E-state index in [0.717, 1.165) is 31.2 Å². The Kier molecular flexibility index (Phi) is 4.71. The van der Waals surface area contributed by atoms with Crippen molar-refractivity contribution in [2.24, 2.45) is 0 Å². The summed E-state index contributed by atoms with van der Waals surface area (Å²) in [5.41, 5.74) is 1.10. The maximum Gasteiger partial charge on any atom is 0.325 e. The summed E-state index contributed by atoms with van der Waals surface area (Å²) < 4.78 is 0. The van der Waals surface area contributed by atoms with Gasteiger partial charge in [-0.05, 0) is 25.3 Å². The van der Waals surface area contributed by atoms with Gasteiger partial charge < -0.3 is 5.32 Å². The first-order chi connectivity index (χ1) is 10.7. The van der Waals surface area contributed by atoms with Crippen LogP contribution in [0.1, 0.15) is 49.8 Å². The molecule has 118 valence electrons. The van der Waals surface area contributed by atoms with Gasteiger partial charge in [-0.2, -0.15) is 0 Å². The molecule has 22 heavy (non-hydrogen) atoms. The average molecular weight is 318 g/mol. The lowest BCUT2D eigenvalue weighted by Crippen LogP contribution is -2.48. The van der Waals surface area contributed by atoms with Crippen molar-refractivity contribution in [1.29, 1.82) is 0 Å². The molecule has 0 spiro atoms. The monoisotopic (exact) mass is 318 g/mol. The van der Waals surface area contributed by atoms with Crippen molar-refractivity contribution in [1.82, 2.24) is 10.2 Å². The third kappa shape index (κ3) is 3.14. The first-order valence-electron chi connectivity index (χ1n) is 8.02. The van der Waals surface area contributed by atoms with Crippen molar-refractivity contribution >= 4 is 23.0 Å². The number of nitrogens with zero attached hydrogens (tertiary/aromatic N) is 1. The van der Waals surface area contributed by atoms with Gasteiger partial charge in [0, 0.05) is 6.04 Å². The van der Waals surface area contributed by atoms with Crippen LogP contribution in [0.5, 0.6) is 0 Å². The maximum atomic E-state index is 12.5. The Bertz CT molecular complexity index is 543. The second-order valence-electron chi connectivity index (χ2n) is 6.11. The molecule has 1 heterocycles. The Hall–Kier alpha value is -1.49. The molecular formula is C17H22N2O2S. The van der Waals surface area contributed by atoms with E-state index in [1.807, 2.05) is 37.3 Å². The fourth-order valence-corrected chi connectivity index (χ4v) is 4.51. The molecule has 1 aliphatic carbocycles. The zero-order chi connectivity index (χ0) is 15.5. The van der Waals surface area contributed by atoms with Gasteiger partial charge in [0.05, 0.1) is 11.3 Å². The summed E-state index contributed by atoms with van der Waals surface area (Å²) in [7, 11) is 0. The summed E-state index contributed by atoms with van der Waals surface area (Å²) in [6, 6.07) is 9.81. The molecule has 2 atom stereocenters. The number of hydrogen-bond donors (Lipinski definition) is 1. The van der Waals surface area contributed by atoms with Gasteiger partial charge in [-0.15, -0.1) is 0 Å². The normalized spacial score (nSPS) is 26.2. The number of nitrogens with one attached hydrogen (secondary N) is 1. The van der Waals surface area contributed by atoms with E-state index < -0.39 is 0 Å². The molecule has 1 N–H and O–H groups in total. The minimum Gasteiger partial charge on any atom is -0.335 e. The van der Waals surface area contributed by atoms with Crippen LogP contribution in [0.15, 0.2) is 30.3 Å². The average Bonchev–Trinajstić information content (AvgIpc) is 2.84. The van der Waals surface area contributed by atoms with Crippen molar-refractivity contribution in [3.05, 3.63) is 35.9 Å². The van der Waals surface area contributed by atoms with Crippen molar-refractivity contribution in [2.75, 3.05) is 0 Å². The van der Waals surface area contributed by atoms with Crippen LogP contribution < -0.4 is 5.32 Å². The van der Waals surface area contributed by atoms with Crippen molar-refractivity contribution in [2.45, 2.75) is 56.4 Å². The SMILES string of the molecule is C[C@@H]1[C@@H](c2ccccc2)SC(=O)N1C(=O)NC1CCCCC1. The summed E-state index contributed by atoms with van der Waals surface area (Å²) in [6.45, 7) is 1.95. The molecule has 0 unspecified atom stereocenters. The number of imide groups is 1. The largest absolute Gasteiger partial charge is 0.335 e. The second kappa shape index (κ2) is 6.73. The van der Waals surface area contributed by atoms with Crippen LogP contribution in [0.2, 0.25) is 0 Å². The molecular weight excluding hydrogens is 296 g/mol. The Balaban J connectivity index is 1.68. The first-order valence-corrected chi connectivity index (χ1v) is 8.90. The van der Waals surface area contributed by atoms with E-state index in [2.05, 4.69) is 5.32 Å². The van der Waals surface area contributed by atoms with Crippen LogP contribution in [-0.4, -0.2) is 28.3 Å². The van der Waals surface area contributed by atoms with E-state index in [4.69, 9.17) is 0 Å². The predicted octanol–water partition coefficient (Wildman–Crippen LogP) is 4.33. The number of amides is 3. The van der Waals surface area contributed by atoms with Crippen LogP contribution in [0.4, 0.5) is 9.59 Å². The van der Waals surface area contributed by atoms with Crippen molar-refractivity contribution < 1.29 is 9.59 Å².